The Kier molecular flexibility index (Phi) is 3.15. The summed E-state index contributed by atoms with van der Waals surface area (Å²) in [7, 11) is 0. The predicted octanol–water partition coefficient (Wildman–Crippen LogP) is 1.27. The van der Waals surface area contributed by atoms with Gasteiger partial charge in [0.25, 0.3) is 5.69 Å². The first-order chi connectivity index (χ1) is 8.76. The molecule has 1 heterocycles. The van der Waals surface area contributed by atoms with E-state index >= 15 is 0 Å². The van der Waals surface area contributed by atoms with E-state index in [1.54, 1.807) is 13.8 Å². The largest absolute Gasteiger partial charge is 0.389 e. The Hall–Kier alpha value is -2.15. The van der Waals surface area contributed by atoms with Crippen LogP contribution in [0.1, 0.15) is 19.4 Å². The van der Waals surface area contributed by atoms with E-state index in [0.29, 0.717) is 11.3 Å². The van der Waals surface area contributed by atoms with Crippen LogP contribution in [0.2, 0.25) is 0 Å². The highest BCUT2D eigenvalue weighted by Gasteiger charge is 2.25. The quantitative estimate of drug-likeness (QED) is 0.561. The summed E-state index contributed by atoms with van der Waals surface area (Å²) in [4.78, 5) is 21.8. The Morgan fingerprint density at radius 1 is 1.53 bits per heavy atom. The summed E-state index contributed by atoms with van der Waals surface area (Å²) >= 11 is 0. The first-order valence-corrected chi connectivity index (χ1v) is 5.84. The van der Waals surface area contributed by atoms with Crippen LogP contribution in [0, 0.1) is 10.1 Å². The molecule has 0 atom stereocenters. The molecule has 19 heavy (non-hydrogen) atoms. The third kappa shape index (κ3) is 3.00. The van der Waals surface area contributed by atoms with Gasteiger partial charge in [-0.05, 0) is 25.5 Å². The molecule has 7 heteroatoms. The summed E-state index contributed by atoms with van der Waals surface area (Å²) in [5.74, 6) is -0.177. The van der Waals surface area contributed by atoms with Crippen molar-refractivity contribution in [1.29, 1.82) is 0 Å². The third-order valence-corrected chi connectivity index (χ3v) is 2.75. The van der Waals surface area contributed by atoms with Gasteiger partial charge in [-0.1, -0.05) is 0 Å². The number of hydrogen-bond donors (Lipinski definition) is 3. The first-order valence-electron chi connectivity index (χ1n) is 5.84. The van der Waals surface area contributed by atoms with Gasteiger partial charge in [0, 0.05) is 18.3 Å². The van der Waals surface area contributed by atoms with E-state index in [4.69, 9.17) is 0 Å². The number of aliphatic hydroxyl groups is 1. The number of anilines is 2. The molecular weight excluding hydrogens is 250 g/mol. The van der Waals surface area contributed by atoms with Gasteiger partial charge < -0.3 is 15.7 Å². The Labute approximate surface area is 109 Å². The number of rotatable bonds is 4. The number of nitrogens with zero attached hydrogens (tertiary/aromatic N) is 1. The fraction of sp³-hybridized carbons (Fsp3) is 0.417. The van der Waals surface area contributed by atoms with Gasteiger partial charge in [-0.15, -0.1) is 0 Å². The van der Waals surface area contributed by atoms with Crippen LogP contribution in [-0.4, -0.2) is 28.1 Å². The Balaban J connectivity index is 2.34. The van der Waals surface area contributed by atoms with Crippen LogP contribution in [0.3, 0.4) is 0 Å². The minimum atomic E-state index is -0.990. The number of fused-ring (bicyclic) bond motifs is 1. The molecule has 1 amide bonds. The average molecular weight is 265 g/mol. The second-order valence-electron chi connectivity index (χ2n) is 5.17. The van der Waals surface area contributed by atoms with E-state index in [0.717, 1.165) is 0 Å². The Bertz CT molecular complexity index is 549. The summed E-state index contributed by atoms with van der Waals surface area (Å²) in [6.45, 7) is 3.36. The third-order valence-electron chi connectivity index (χ3n) is 2.75. The van der Waals surface area contributed by atoms with Crippen LogP contribution >= 0.6 is 0 Å². The predicted molar refractivity (Wildman–Crippen MR) is 70.2 cm³/mol. The van der Waals surface area contributed by atoms with Crippen molar-refractivity contribution in [1.82, 2.24) is 0 Å². The van der Waals surface area contributed by atoms with Gasteiger partial charge in [0.15, 0.2) is 0 Å². The molecule has 1 aromatic carbocycles. The van der Waals surface area contributed by atoms with Crippen molar-refractivity contribution in [3.05, 3.63) is 27.8 Å². The summed E-state index contributed by atoms with van der Waals surface area (Å²) < 4.78 is 0. The first kappa shape index (κ1) is 13.3. The molecule has 0 fully saturated rings. The summed E-state index contributed by atoms with van der Waals surface area (Å²) in [6.07, 6.45) is 0.155. The molecule has 1 aliphatic rings. The lowest BCUT2D eigenvalue weighted by molar-refractivity contribution is -0.384. The van der Waals surface area contributed by atoms with Gasteiger partial charge in [-0.25, -0.2) is 0 Å². The number of nitro benzene ring substituents is 1. The van der Waals surface area contributed by atoms with Crippen molar-refractivity contribution in [3.8, 4) is 0 Å². The van der Waals surface area contributed by atoms with Crippen molar-refractivity contribution in [2.75, 3.05) is 17.2 Å². The topological polar surface area (TPSA) is 104 Å². The van der Waals surface area contributed by atoms with Gasteiger partial charge >= 0.3 is 0 Å². The standard InChI is InChI=1S/C12H15N3O4/c1-12(2,17)6-13-9-5-8-7(4-11(16)14-8)3-10(9)15(18)19/h3,5,13,17H,4,6H2,1-2H3,(H,14,16). The lowest BCUT2D eigenvalue weighted by Gasteiger charge is -2.18. The maximum Gasteiger partial charge on any atom is 0.292 e. The SMILES string of the molecule is CC(C)(O)CNc1cc2c(cc1[N+](=O)[O-])CC(=O)N2. The van der Waals surface area contributed by atoms with Gasteiger partial charge in [0.05, 0.1) is 16.9 Å². The monoisotopic (exact) mass is 265 g/mol. The molecule has 3 N–H and O–H groups in total. The molecule has 0 spiro atoms. The van der Waals surface area contributed by atoms with Crippen LogP contribution in [0.25, 0.3) is 0 Å². The van der Waals surface area contributed by atoms with E-state index in [9.17, 15) is 20.0 Å². The number of carbonyl (C=O) groups is 1. The molecule has 1 aliphatic heterocycles. The summed E-state index contributed by atoms with van der Waals surface area (Å²) in [5.41, 5.74) is 0.391. The highest BCUT2D eigenvalue weighted by molar-refractivity contribution is 6.00. The zero-order chi connectivity index (χ0) is 14.2. The van der Waals surface area contributed by atoms with Crippen LogP contribution in [0.15, 0.2) is 12.1 Å². The molecule has 0 aliphatic carbocycles. The van der Waals surface area contributed by atoms with Gasteiger partial charge in [-0.3, -0.25) is 14.9 Å². The second-order valence-corrected chi connectivity index (χ2v) is 5.17. The number of amides is 1. The van der Waals surface area contributed by atoms with Crippen molar-refractivity contribution >= 4 is 23.0 Å². The minimum absolute atomic E-state index is 0.0977. The van der Waals surface area contributed by atoms with Crippen molar-refractivity contribution < 1.29 is 14.8 Å². The van der Waals surface area contributed by atoms with Crippen LogP contribution in [0.4, 0.5) is 17.1 Å². The Morgan fingerprint density at radius 2 is 2.21 bits per heavy atom. The van der Waals surface area contributed by atoms with Crippen molar-refractivity contribution in [2.45, 2.75) is 25.9 Å². The highest BCUT2D eigenvalue weighted by Crippen LogP contribution is 2.34. The van der Waals surface area contributed by atoms with Gasteiger partial charge in [-0.2, -0.15) is 0 Å². The summed E-state index contributed by atoms with van der Waals surface area (Å²) in [5, 5.41) is 26.1. The van der Waals surface area contributed by atoms with Gasteiger partial charge in [0.1, 0.15) is 5.69 Å². The lowest BCUT2D eigenvalue weighted by Crippen LogP contribution is -2.29. The fourth-order valence-electron chi connectivity index (χ4n) is 1.87. The molecule has 0 unspecified atom stereocenters. The molecule has 1 aromatic rings. The number of benzene rings is 1. The van der Waals surface area contributed by atoms with Crippen LogP contribution in [0.5, 0.6) is 0 Å². The van der Waals surface area contributed by atoms with E-state index in [1.807, 2.05) is 0 Å². The van der Waals surface area contributed by atoms with Crippen LogP contribution in [-0.2, 0) is 11.2 Å². The normalized spacial score (nSPS) is 13.9. The molecule has 2 rings (SSSR count). The number of nitro groups is 1. The number of nitrogens with one attached hydrogen (secondary N) is 2. The maximum absolute atomic E-state index is 11.3. The maximum atomic E-state index is 11.3. The van der Waals surface area contributed by atoms with Crippen molar-refractivity contribution in [2.24, 2.45) is 0 Å². The number of carbonyl (C=O) groups excluding carboxylic acids is 1. The van der Waals surface area contributed by atoms with E-state index in [-0.39, 0.29) is 30.2 Å². The molecule has 0 bridgehead atoms. The average Bonchev–Trinajstić information content (AvgIpc) is 2.62. The summed E-state index contributed by atoms with van der Waals surface area (Å²) in [6, 6.07) is 2.92. The molecule has 0 saturated carbocycles. The lowest BCUT2D eigenvalue weighted by atomic mass is 10.1. The molecule has 0 radical (unpaired) electrons. The van der Waals surface area contributed by atoms with Crippen LogP contribution < -0.4 is 10.6 Å². The Morgan fingerprint density at radius 3 is 2.79 bits per heavy atom. The minimum Gasteiger partial charge on any atom is -0.389 e. The van der Waals surface area contributed by atoms with Gasteiger partial charge in [0.2, 0.25) is 5.91 Å². The smallest absolute Gasteiger partial charge is 0.292 e. The molecule has 102 valence electrons. The fourth-order valence-corrected chi connectivity index (χ4v) is 1.87. The molecule has 0 saturated heterocycles. The highest BCUT2D eigenvalue weighted by atomic mass is 16.6. The number of hydrogen-bond acceptors (Lipinski definition) is 5. The molecule has 0 aromatic heterocycles. The molecule has 7 nitrogen and oxygen atoms in total. The second kappa shape index (κ2) is 4.51. The van der Waals surface area contributed by atoms with E-state index < -0.39 is 10.5 Å². The zero-order valence-corrected chi connectivity index (χ0v) is 10.7. The van der Waals surface area contributed by atoms with Crippen molar-refractivity contribution in [3.63, 3.8) is 0 Å². The van der Waals surface area contributed by atoms with E-state index in [2.05, 4.69) is 10.6 Å². The zero-order valence-electron chi connectivity index (χ0n) is 10.7. The molecular formula is C12H15N3O4. The van der Waals surface area contributed by atoms with E-state index in [1.165, 1.54) is 12.1 Å².